The molecule has 0 radical (unpaired) electrons. The van der Waals surface area contributed by atoms with Crippen LogP contribution in [0.1, 0.15) is 56.6 Å². The van der Waals surface area contributed by atoms with Gasteiger partial charge in [-0.3, -0.25) is 14.6 Å². The minimum Gasteiger partial charge on any atom is -0.490 e. The minimum atomic E-state index is -0.582. The van der Waals surface area contributed by atoms with Crippen molar-refractivity contribution in [1.29, 1.82) is 0 Å². The third-order valence-corrected chi connectivity index (χ3v) is 6.51. The van der Waals surface area contributed by atoms with Gasteiger partial charge in [-0.1, -0.05) is 36.4 Å². The normalized spacial score (nSPS) is 21.7. The first-order chi connectivity index (χ1) is 16.8. The van der Waals surface area contributed by atoms with Crippen LogP contribution >= 0.6 is 0 Å². The lowest BCUT2D eigenvalue weighted by Gasteiger charge is -2.38. The fourth-order valence-corrected chi connectivity index (χ4v) is 5.10. The number of hydrogen-bond donors (Lipinski definition) is 0. The molecule has 3 atom stereocenters. The van der Waals surface area contributed by atoms with Gasteiger partial charge < -0.3 is 14.2 Å². The van der Waals surface area contributed by atoms with E-state index in [9.17, 15) is 14.4 Å². The summed E-state index contributed by atoms with van der Waals surface area (Å²) in [5.41, 5.74) is 3.47. The number of fused-ring (bicyclic) bond motifs is 1. The highest BCUT2D eigenvalue weighted by atomic mass is 16.6. The van der Waals surface area contributed by atoms with Crippen LogP contribution in [-0.4, -0.2) is 37.2 Å². The van der Waals surface area contributed by atoms with Crippen molar-refractivity contribution in [2.75, 3.05) is 13.7 Å². The van der Waals surface area contributed by atoms with Gasteiger partial charge in [-0.05, 0) is 49.4 Å². The number of allylic oxidation sites excluding steroid dienone is 1. The van der Waals surface area contributed by atoms with E-state index < -0.39 is 23.8 Å². The van der Waals surface area contributed by atoms with Crippen molar-refractivity contribution in [2.24, 2.45) is 10.9 Å². The molecular formula is C28H29NO6. The van der Waals surface area contributed by atoms with Crippen molar-refractivity contribution in [3.8, 4) is 11.5 Å². The summed E-state index contributed by atoms with van der Waals surface area (Å²) in [7, 11) is 1.32. The van der Waals surface area contributed by atoms with Gasteiger partial charge in [-0.2, -0.15) is 0 Å². The Labute approximate surface area is 204 Å². The Kier molecular flexibility index (Phi) is 7.15. The molecule has 7 nitrogen and oxygen atoms in total. The summed E-state index contributed by atoms with van der Waals surface area (Å²) < 4.78 is 16.1. The number of aliphatic imine (C=N–C) groups is 1. The van der Waals surface area contributed by atoms with Crippen LogP contribution in [0.3, 0.4) is 0 Å². The molecule has 35 heavy (non-hydrogen) atoms. The van der Waals surface area contributed by atoms with Crippen molar-refractivity contribution in [2.45, 2.75) is 45.4 Å². The molecule has 0 bridgehead atoms. The number of ketones is 1. The summed E-state index contributed by atoms with van der Waals surface area (Å²) in [6, 6.07) is 15.1. The number of hydrogen-bond acceptors (Lipinski definition) is 7. The van der Waals surface area contributed by atoms with Crippen LogP contribution in [0, 0.1) is 5.92 Å². The fourth-order valence-electron chi connectivity index (χ4n) is 5.10. The van der Waals surface area contributed by atoms with Gasteiger partial charge in [0.25, 0.3) is 0 Å². The molecule has 2 aliphatic rings. The molecule has 2 aromatic rings. The second kappa shape index (κ2) is 10.3. The number of carbonyl (C=O) groups is 3. The molecule has 182 valence electrons. The fraction of sp³-hybridized carbons (Fsp3) is 0.357. The zero-order valence-corrected chi connectivity index (χ0v) is 20.4. The van der Waals surface area contributed by atoms with Gasteiger partial charge in [0.05, 0.1) is 25.2 Å². The lowest BCUT2D eigenvalue weighted by Crippen LogP contribution is -2.41. The standard InChI is InChI=1S/C28H29NO6/c1-5-34-24-15-19(11-12-23(24)35-17(3)30)26-25(28(32)33-4)16(2)29-21-13-20(14-22(31)27(21)26)18-9-7-6-8-10-18/h6-12,15,20,26-27H,5,13-14H2,1-4H3/t20-,26-,27?/m1/s1. The van der Waals surface area contributed by atoms with E-state index in [1.807, 2.05) is 37.3 Å². The van der Waals surface area contributed by atoms with Crippen LogP contribution in [0.2, 0.25) is 0 Å². The van der Waals surface area contributed by atoms with E-state index in [-0.39, 0.29) is 17.5 Å². The third kappa shape index (κ3) is 4.90. The molecule has 1 aliphatic carbocycles. The maximum atomic E-state index is 13.6. The van der Waals surface area contributed by atoms with E-state index in [4.69, 9.17) is 19.2 Å². The highest BCUT2D eigenvalue weighted by molar-refractivity contribution is 6.12. The number of Topliss-reactive ketones (excluding diaryl/α,β-unsaturated/α-hetero) is 1. The summed E-state index contributed by atoms with van der Waals surface area (Å²) in [5.74, 6) is -1.42. The van der Waals surface area contributed by atoms with Crippen molar-refractivity contribution >= 4 is 23.4 Å². The van der Waals surface area contributed by atoms with Gasteiger partial charge in [0.15, 0.2) is 11.5 Å². The summed E-state index contributed by atoms with van der Waals surface area (Å²) in [5, 5.41) is 0. The Hall–Kier alpha value is -3.74. The summed E-state index contributed by atoms with van der Waals surface area (Å²) >= 11 is 0. The first kappa shape index (κ1) is 24.4. The van der Waals surface area contributed by atoms with Crippen molar-refractivity contribution in [3.63, 3.8) is 0 Å². The monoisotopic (exact) mass is 475 g/mol. The first-order valence-electron chi connectivity index (χ1n) is 11.7. The molecule has 1 heterocycles. The van der Waals surface area contributed by atoms with E-state index in [2.05, 4.69) is 0 Å². The third-order valence-electron chi connectivity index (χ3n) is 6.51. The summed E-state index contributed by atoms with van der Waals surface area (Å²) in [6.07, 6.45) is 0.994. The minimum absolute atomic E-state index is 0.0322. The number of benzene rings is 2. The van der Waals surface area contributed by atoms with Gasteiger partial charge in [-0.15, -0.1) is 0 Å². The molecule has 0 spiro atoms. The lowest BCUT2D eigenvalue weighted by molar-refractivity contribution is -0.136. The number of carbonyl (C=O) groups excluding carboxylic acids is 3. The first-order valence-corrected chi connectivity index (χ1v) is 11.7. The molecule has 2 aromatic carbocycles. The zero-order chi connectivity index (χ0) is 25.1. The highest BCUT2D eigenvalue weighted by Gasteiger charge is 2.46. The van der Waals surface area contributed by atoms with Crippen molar-refractivity contribution in [1.82, 2.24) is 0 Å². The largest absolute Gasteiger partial charge is 0.490 e. The van der Waals surface area contributed by atoms with Crippen LogP contribution in [0.15, 0.2) is 64.8 Å². The number of methoxy groups -OCH3 is 1. The van der Waals surface area contributed by atoms with Gasteiger partial charge >= 0.3 is 11.9 Å². The molecule has 0 N–H and O–H groups in total. The predicted octanol–water partition coefficient (Wildman–Crippen LogP) is 4.76. The Morgan fingerprint density at radius 1 is 1.00 bits per heavy atom. The molecule has 0 aromatic heterocycles. The second-order valence-corrected chi connectivity index (χ2v) is 8.76. The Morgan fingerprint density at radius 3 is 2.40 bits per heavy atom. The van der Waals surface area contributed by atoms with E-state index in [1.165, 1.54) is 14.0 Å². The summed E-state index contributed by atoms with van der Waals surface area (Å²) in [4.78, 5) is 42.8. The van der Waals surface area contributed by atoms with Crippen LogP contribution in [0.5, 0.6) is 11.5 Å². The molecule has 1 unspecified atom stereocenters. The van der Waals surface area contributed by atoms with Crippen LogP contribution in [-0.2, 0) is 19.1 Å². The molecule has 7 heteroatoms. The van der Waals surface area contributed by atoms with E-state index in [0.29, 0.717) is 42.0 Å². The zero-order valence-electron chi connectivity index (χ0n) is 20.4. The molecule has 0 saturated heterocycles. The maximum absolute atomic E-state index is 13.6. The molecule has 4 rings (SSSR count). The predicted molar refractivity (Wildman–Crippen MR) is 131 cm³/mol. The molecular weight excluding hydrogens is 446 g/mol. The van der Waals surface area contributed by atoms with Crippen LogP contribution in [0.25, 0.3) is 0 Å². The van der Waals surface area contributed by atoms with Crippen molar-refractivity contribution in [3.05, 3.63) is 70.9 Å². The van der Waals surface area contributed by atoms with Gasteiger partial charge in [0.2, 0.25) is 0 Å². The van der Waals surface area contributed by atoms with E-state index in [0.717, 1.165) is 11.3 Å². The Morgan fingerprint density at radius 2 is 1.74 bits per heavy atom. The van der Waals surface area contributed by atoms with Gasteiger partial charge in [0.1, 0.15) is 5.78 Å². The smallest absolute Gasteiger partial charge is 0.336 e. The average molecular weight is 476 g/mol. The average Bonchev–Trinajstić information content (AvgIpc) is 2.84. The molecule has 1 fully saturated rings. The Balaban J connectivity index is 1.80. The van der Waals surface area contributed by atoms with Gasteiger partial charge in [-0.25, -0.2) is 4.79 Å². The lowest BCUT2D eigenvalue weighted by atomic mass is 9.66. The summed E-state index contributed by atoms with van der Waals surface area (Å²) in [6.45, 7) is 5.28. The Bertz CT molecular complexity index is 1210. The topological polar surface area (TPSA) is 91.3 Å². The van der Waals surface area contributed by atoms with Crippen molar-refractivity contribution < 1.29 is 28.6 Å². The maximum Gasteiger partial charge on any atom is 0.336 e. The van der Waals surface area contributed by atoms with Crippen LogP contribution < -0.4 is 9.47 Å². The quantitative estimate of drug-likeness (QED) is 0.442. The number of esters is 2. The number of nitrogens with zero attached hydrogens (tertiary/aromatic N) is 1. The molecule has 1 saturated carbocycles. The molecule has 1 aliphatic heterocycles. The molecule has 0 amide bonds. The highest BCUT2D eigenvalue weighted by Crippen LogP contribution is 2.47. The van der Waals surface area contributed by atoms with Gasteiger partial charge in [0, 0.05) is 30.7 Å². The van der Waals surface area contributed by atoms with E-state index in [1.54, 1.807) is 25.1 Å². The van der Waals surface area contributed by atoms with Crippen LogP contribution in [0.4, 0.5) is 0 Å². The number of rotatable bonds is 6. The second-order valence-electron chi connectivity index (χ2n) is 8.76. The number of ether oxygens (including phenoxy) is 3. The SMILES string of the molecule is CCOc1cc([C@@H]2C(C(=O)OC)=C(C)N=C3C[C@@H](c4ccccc4)CC(=O)C32)ccc1OC(C)=O. The van der Waals surface area contributed by atoms with E-state index >= 15 is 0 Å².